The maximum Gasteiger partial charge on any atom is 0.148 e. The highest BCUT2D eigenvalue weighted by Gasteiger charge is 2.13. The van der Waals surface area contributed by atoms with Gasteiger partial charge in [0.25, 0.3) is 0 Å². The highest BCUT2D eigenvalue weighted by Crippen LogP contribution is 2.20. The summed E-state index contributed by atoms with van der Waals surface area (Å²) >= 11 is 0. The highest BCUT2D eigenvalue weighted by atomic mass is 16.5. The molecule has 0 fully saturated rings. The summed E-state index contributed by atoms with van der Waals surface area (Å²) in [5, 5.41) is 0. The van der Waals surface area contributed by atoms with Crippen LogP contribution in [-0.2, 0) is 13.2 Å². The van der Waals surface area contributed by atoms with Gasteiger partial charge in [-0.3, -0.25) is 0 Å². The number of nitrogens with zero attached hydrogens (tertiary/aromatic N) is 2. The van der Waals surface area contributed by atoms with E-state index in [9.17, 15) is 0 Å². The fourth-order valence-electron chi connectivity index (χ4n) is 2.54. The number of para-hydroxylation sites is 3. The molecular weight excluding hydrogens is 272 g/mol. The summed E-state index contributed by atoms with van der Waals surface area (Å²) in [6.45, 7) is 5.97. The summed E-state index contributed by atoms with van der Waals surface area (Å²) < 4.78 is 8.19. The van der Waals surface area contributed by atoms with E-state index in [4.69, 9.17) is 9.72 Å². The summed E-state index contributed by atoms with van der Waals surface area (Å²) in [4.78, 5) is 4.75. The summed E-state index contributed by atoms with van der Waals surface area (Å²) in [5.41, 5.74) is 2.23. The Morgan fingerprint density at radius 1 is 1.05 bits per heavy atom. The zero-order chi connectivity index (χ0) is 15.4. The van der Waals surface area contributed by atoms with Crippen LogP contribution in [0.1, 0.15) is 26.1 Å². The SMILES string of the molecule is CC[C@@H](C)Cn1c(COc2ccccc2)nc2ccccc21. The first-order chi connectivity index (χ1) is 10.8. The van der Waals surface area contributed by atoms with Crippen molar-refractivity contribution in [2.45, 2.75) is 33.4 Å². The Bertz CT molecular complexity index is 734. The van der Waals surface area contributed by atoms with Crippen molar-refractivity contribution in [3.05, 3.63) is 60.4 Å². The van der Waals surface area contributed by atoms with Gasteiger partial charge in [-0.1, -0.05) is 50.6 Å². The molecule has 3 nitrogen and oxygen atoms in total. The smallest absolute Gasteiger partial charge is 0.148 e. The molecule has 114 valence electrons. The van der Waals surface area contributed by atoms with Gasteiger partial charge in [0.1, 0.15) is 18.2 Å². The van der Waals surface area contributed by atoms with Crippen molar-refractivity contribution in [1.29, 1.82) is 0 Å². The molecule has 0 N–H and O–H groups in total. The van der Waals surface area contributed by atoms with Crippen molar-refractivity contribution >= 4 is 11.0 Å². The maximum absolute atomic E-state index is 5.89. The third-order valence-electron chi connectivity index (χ3n) is 4.04. The fraction of sp³-hybridized carbons (Fsp3) is 0.316. The Morgan fingerprint density at radius 2 is 1.77 bits per heavy atom. The molecule has 1 heterocycles. The second-order valence-electron chi connectivity index (χ2n) is 5.74. The number of hydrogen-bond acceptors (Lipinski definition) is 2. The van der Waals surface area contributed by atoms with E-state index in [1.54, 1.807) is 0 Å². The van der Waals surface area contributed by atoms with E-state index >= 15 is 0 Å². The Kier molecular flexibility index (Phi) is 4.42. The number of rotatable bonds is 6. The molecule has 0 aliphatic heterocycles. The van der Waals surface area contributed by atoms with Crippen LogP contribution in [0.15, 0.2) is 54.6 Å². The van der Waals surface area contributed by atoms with E-state index in [-0.39, 0.29) is 0 Å². The highest BCUT2D eigenvalue weighted by molar-refractivity contribution is 5.75. The number of fused-ring (bicyclic) bond motifs is 1. The molecule has 0 aliphatic carbocycles. The van der Waals surface area contributed by atoms with Crippen LogP contribution in [-0.4, -0.2) is 9.55 Å². The average Bonchev–Trinajstić information content (AvgIpc) is 2.91. The first-order valence-electron chi connectivity index (χ1n) is 7.90. The van der Waals surface area contributed by atoms with Crippen molar-refractivity contribution in [1.82, 2.24) is 9.55 Å². The lowest BCUT2D eigenvalue weighted by Gasteiger charge is -2.14. The Balaban J connectivity index is 1.88. The molecule has 0 saturated heterocycles. The molecule has 1 atom stereocenters. The number of ether oxygens (including phenoxy) is 1. The van der Waals surface area contributed by atoms with Crippen LogP contribution in [0.5, 0.6) is 5.75 Å². The second kappa shape index (κ2) is 6.65. The van der Waals surface area contributed by atoms with Gasteiger partial charge < -0.3 is 9.30 Å². The van der Waals surface area contributed by atoms with Crippen LogP contribution in [0, 0.1) is 5.92 Å². The Morgan fingerprint density at radius 3 is 2.55 bits per heavy atom. The van der Waals surface area contributed by atoms with E-state index in [1.165, 1.54) is 5.52 Å². The topological polar surface area (TPSA) is 27.1 Å². The minimum absolute atomic E-state index is 0.495. The molecule has 2 aromatic carbocycles. The van der Waals surface area contributed by atoms with Crippen LogP contribution in [0.2, 0.25) is 0 Å². The molecular formula is C19H22N2O. The number of aromatic nitrogens is 2. The minimum atomic E-state index is 0.495. The Hall–Kier alpha value is -2.29. The van der Waals surface area contributed by atoms with Crippen LogP contribution < -0.4 is 4.74 Å². The van der Waals surface area contributed by atoms with E-state index in [0.29, 0.717) is 12.5 Å². The van der Waals surface area contributed by atoms with E-state index in [0.717, 1.165) is 30.1 Å². The van der Waals surface area contributed by atoms with Gasteiger partial charge in [0, 0.05) is 6.54 Å². The molecule has 0 bridgehead atoms. The predicted molar refractivity (Wildman–Crippen MR) is 90.0 cm³/mol. The fourth-order valence-corrected chi connectivity index (χ4v) is 2.54. The zero-order valence-corrected chi connectivity index (χ0v) is 13.2. The molecule has 22 heavy (non-hydrogen) atoms. The first kappa shape index (κ1) is 14.6. The molecule has 3 rings (SSSR count). The van der Waals surface area contributed by atoms with Gasteiger partial charge in [0.2, 0.25) is 0 Å². The number of hydrogen-bond donors (Lipinski definition) is 0. The van der Waals surface area contributed by atoms with Gasteiger partial charge in [-0.05, 0) is 30.2 Å². The van der Waals surface area contributed by atoms with Crippen LogP contribution in [0.3, 0.4) is 0 Å². The molecule has 0 radical (unpaired) electrons. The predicted octanol–water partition coefficient (Wildman–Crippen LogP) is 4.66. The maximum atomic E-state index is 5.89. The molecule has 0 amide bonds. The lowest BCUT2D eigenvalue weighted by molar-refractivity contribution is 0.286. The molecule has 1 aromatic heterocycles. The van der Waals surface area contributed by atoms with Gasteiger partial charge in [-0.25, -0.2) is 4.98 Å². The molecule has 0 unspecified atom stereocenters. The summed E-state index contributed by atoms with van der Waals surface area (Å²) in [7, 11) is 0. The summed E-state index contributed by atoms with van der Waals surface area (Å²) in [6.07, 6.45) is 1.16. The first-order valence-corrected chi connectivity index (χ1v) is 7.90. The van der Waals surface area contributed by atoms with Crippen molar-refractivity contribution in [2.75, 3.05) is 0 Å². The number of benzene rings is 2. The van der Waals surface area contributed by atoms with Crippen molar-refractivity contribution in [3.63, 3.8) is 0 Å². The van der Waals surface area contributed by atoms with E-state index in [2.05, 4.69) is 36.6 Å². The van der Waals surface area contributed by atoms with Crippen LogP contribution >= 0.6 is 0 Å². The summed E-state index contributed by atoms with van der Waals surface area (Å²) in [6, 6.07) is 18.2. The van der Waals surface area contributed by atoms with Crippen LogP contribution in [0.25, 0.3) is 11.0 Å². The minimum Gasteiger partial charge on any atom is -0.486 e. The largest absolute Gasteiger partial charge is 0.486 e. The van der Waals surface area contributed by atoms with Gasteiger partial charge in [-0.15, -0.1) is 0 Å². The standard InChI is InChI=1S/C19H22N2O/c1-3-15(2)13-21-18-12-8-7-11-17(18)20-19(21)14-22-16-9-5-4-6-10-16/h4-12,15H,3,13-14H2,1-2H3/t15-/m1/s1. The quantitative estimate of drug-likeness (QED) is 0.661. The number of imidazole rings is 1. The van der Waals surface area contributed by atoms with Gasteiger partial charge in [0.15, 0.2) is 0 Å². The summed E-state index contributed by atoms with van der Waals surface area (Å²) in [5.74, 6) is 2.49. The lowest BCUT2D eigenvalue weighted by atomic mass is 10.1. The molecule has 0 saturated carbocycles. The monoisotopic (exact) mass is 294 g/mol. The lowest BCUT2D eigenvalue weighted by Crippen LogP contribution is -2.12. The van der Waals surface area contributed by atoms with Crippen molar-refractivity contribution < 1.29 is 4.74 Å². The second-order valence-corrected chi connectivity index (χ2v) is 5.74. The third-order valence-corrected chi connectivity index (χ3v) is 4.04. The van der Waals surface area contributed by atoms with E-state index in [1.807, 2.05) is 36.4 Å². The van der Waals surface area contributed by atoms with Gasteiger partial charge in [-0.2, -0.15) is 0 Å². The Labute approximate surface area is 131 Å². The molecule has 3 heteroatoms. The van der Waals surface area contributed by atoms with Gasteiger partial charge in [0.05, 0.1) is 11.0 Å². The normalized spacial score (nSPS) is 12.5. The molecule has 0 spiro atoms. The third kappa shape index (κ3) is 3.14. The van der Waals surface area contributed by atoms with Gasteiger partial charge >= 0.3 is 0 Å². The average molecular weight is 294 g/mol. The van der Waals surface area contributed by atoms with Crippen molar-refractivity contribution in [3.8, 4) is 5.75 Å². The van der Waals surface area contributed by atoms with E-state index < -0.39 is 0 Å². The zero-order valence-electron chi connectivity index (χ0n) is 13.2. The molecule has 0 aliphatic rings. The molecule has 3 aromatic rings. The van der Waals surface area contributed by atoms with Crippen LogP contribution in [0.4, 0.5) is 0 Å². The van der Waals surface area contributed by atoms with Crippen molar-refractivity contribution in [2.24, 2.45) is 5.92 Å².